The van der Waals surface area contributed by atoms with Crippen molar-refractivity contribution in [1.82, 2.24) is 9.55 Å². The van der Waals surface area contributed by atoms with E-state index in [1.165, 1.54) is 11.6 Å². The summed E-state index contributed by atoms with van der Waals surface area (Å²) in [4.78, 5) is 75.7. The van der Waals surface area contributed by atoms with E-state index in [0.717, 1.165) is 39.5 Å². The molecule has 0 spiro atoms. The zero-order valence-electron chi connectivity index (χ0n) is 20.5. The van der Waals surface area contributed by atoms with Crippen LogP contribution in [0.3, 0.4) is 0 Å². The van der Waals surface area contributed by atoms with Crippen LogP contribution in [-0.4, -0.2) is 83.2 Å². The van der Waals surface area contributed by atoms with Gasteiger partial charge in [0, 0.05) is 34.7 Å². The van der Waals surface area contributed by atoms with Gasteiger partial charge in [-0.15, -0.1) is 0 Å². The summed E-state index contributed by atoms with van der Waals surface area (Å²) in [6.07, 6.45) is -4.85. The minimum Gasteiger partial charge on any atom is -0.463 e. The van der Waals surface area contributed by atoms with Gasteiger partial charge in [-0.1, -0.05) is 11.8 Å². The Labute approximate surface area is 209 Å². The van der Waals surface area contributed by atoms with Gasteiger partial charge >= 0.3 is 23.9 Å². The molecule has 1 aromatic rings. The van der Waals surface area contributed by atoms with Gasteiger partial charge < -0.3 is 29.0 Å². The van der Waals surface area contributed by atoms with Crippen molar-refractivity contribution >= 4 is 47.7 Å². The summed E-state index contributed by atoms with van der Waals surface area (Å²) in [5.74, 6) is -3.24. The molecular weight excluding hydrogens is 502 g/mol. The highest BCUT2D eigenvalue weighted by Crippen LogP contribution is 2.30. The van der Waals surface area contributed by atoms with Crippen LogP contribution in [0.4, 0.5) is 5.82 Å². The fraction of sp³-hybridized carbons (Fsp3) is 0.571. The number of aromatic nitrogens is 2. The first-order chi connectivity index (χ1) is 16.9. The molecule has 0 radical (unpaired) electrons. The molecule has 0 amide bonds. The lowest BCUT2D eigenvalue weighted by Crippen LogP contribution is -2.64. The van der Waals surface area contributed by atoms with E-state index in [1.54, 1.807) is 6.26 Å². The zero-order chi connectivity index (χ0) is 27.2. The molecule has 5 atom stereocenters. The zero-order valence-corrected chi connectivity index (χ0v) is 21.3. The molecule has 14 nitrogen and oxygen atoms in total. The van der Waals surface area contributed by atoms with Gasteiger partial charge in [-0.2, -0.15) is 0 Å². The van der Waals surface area contributed by atoms with Gasteiger partial charge in [0.1, 0.15) is 24.1 Å². The standard InChI is InChI=1S/C21H27N3O11S/c1-9(26)31-8-14-15(32-10(2)27)16(33-11(3)28)17(34-12(4)29)19(35-14)22-18-13(7-25)20(30)24(5)21(23-18)36-6/h7,14-17,19,22H,8H2,1-6H3. The molecule has 1 aliphatic heterocycles. The summed E-state index contributed by atoms with van der Waals surface area (Å²) in [5, 5.41) is 3.00. The van der Waals surface area contributed by atoms with Gasteiger partial charge in [-0.05, 0) is 6.26 Å². The van der Waals surface area contributed by atoms with Crippen molar-refractivity contribution in [3.05, 3.63) is 15.9 Å². The van der Waals surface area contributed by atoms with Crippen LogP contribution in [-0.2, 0) is 49.9 Å². The van der Waals surface area contributed by atoms with Crippen LogP contribution in [0.1, 0.15) is 38.1 Å². The van der Waals surface area contributed by atoms with Crippen molar-refractivity contribution in [2.24, 2.45) is 7.05 Å². The third-order valence-corrected chi connectivity index (χ3v) is 5.59. The molecule has 2 heterocycles. The van der Waals surface area contributed by atoms with Crippen LogP contribution in [0.25, 0.3) is 0 Å². The van der Waals surface area contributed by atoms with Gasteiger partial charge in [0.25, 0.3) is 5.56 Å². The highest BCUT2D eigenvalue weighted by atomic mass is 32.2. The van der Waals surface area contributed by atoms with Crippen molar-refractivity contribution in [3.8, 4) is 0 Å². The van der Waals surface area contributed by atoms with E-state index in [-0.39, 0.29) is 16.5 Å². The van der Waals surface area contributed by atoms with Crippen LogP contribution in [0.15, 0.2) is 9.95 Å². The molecule has 198 valence electrons. The highest BCUT2D eigenvalue weighted by Gasteiger charge is 2.52. The van der Waals surface area contributed by atoms with E-state index in [9.17, 15) is 28.8 Å². The Morgan fingerprint density at radius 3 is 2.06 bits per heavy atom. The SMILES string of the molecule is CSc1nc(NC2OC(COC(C)=O)C(OC(C)=O)C(OC(C)=O)C2OC(C)=O)c(C=O)c(=O)n1C. The maximum atomic E-state index is 12.7. The molecule has 0 aliphatic carbocycles. The number of esters is 4. The lowest BCUT2D eigenvalue weighted by atomic mass is 9.97. The predicted molar refractivity (Wildman–Crippen MR) is 122 cm³/mol. The summed E-state index contributed by atoms with van der Waals surface area (Å²) in [6, 6.07) is 0. The normalized spacial score (nSPS) is 23.2. The lowest BCUT2D eigenvalue weighted by molar-refractivity contribution is -0.247. The number of ether oxygens (including phenoxy) is 5. The summed E-state index contributed by atoms with van der Waals surface area (Å²) < 4.78 is 28.1. The smallest absolute Gasteiger partial charge is 0.303 e. The first kappa shape index (κ1) is 28.8. The van der Waals surface area contributed by atoms with E-state index in [2.05, 4.69) is 10.3 Å². The lowest BCUT2D eigenvalue weighted by Gasteiger charge is -2.44. The van der Waals surface area contributed by atoms with Crippen LogP contribution < -0.4 is 10.9 Å². The quantitative estimate of drug-likeness (QED) is 0.146. The second kappa shape index (κ2) is 12.5. The Morgan fingerprint density at radius 1 is 1.00 bits per heavy atom. The molecule has 1 aliphatic rings. The Kier molecular flexibility index (Phi) is 9.98. The Hall–Kier alpha value is -3.46. The second-order valence-electron chi connectivity index (χ2n) is 7.61. The van der Waals surface area contributed by atoms with Crippen LogP contribution in [0.2, 0.25) is 0 Å². The molecule has 5 unspecified atom stereocenters. The van der Waals surface area contributed by atoms with Gasteiger partial charge in [0.05, 0.1) is 0 Å². The maximum Gasteiger partial charge on any atom is 0.303 e. The molecule has 1 aromatic heterocycles. The Morgan fingerprint density at radius 2 is 1.56 bits per heavy atom. The summed E-state index contributed by atoms with van der Waals surface area (Å²) in [5.41, 5.74) is -0.999. The highest BCUT2D eigenvalue weighted by molar-refractivity contribution is 7.98. The first-order valence-electron chi connectivity index (χ1n) is 10.6. The molecule has 1 N–H and O–H groups in total. The topological polar surface area (TPSA) is 178 Å². The van der Waals surface area contributed by atoms with E-state index in [0.29, 0.717) is 6.29 Å². The van der Waals surface area contributed by atoms with Crippen LogP contribution >= 0.6 is 11.8 Å². The number of nitrogens with zero attached hydrogens (tertiary/aromatic N) is 2. The first-order valence-corrected chi connectivity index (χ1v) is 11.8. The van der Waals surface area contributed by atoms with Gasteiger partial charge in [0.15, 0.2) is 36.0 Å². The number of aldehydes is 1. The van der Waals surface area contributed by atoms with Crippen molar-refractivity contribution in [2.75, 3.05) is 18.2 Å². The van der Waals surface area contributed by atoms with Gasteiger partial charge in [0.2, 0.25) is 0 Å². The number of hydrogen-bond donors (Lipinski definition) is 1. The van der Waals surface area contributed by atoms with Crippen molar-refractivity contribution in [1.29, 1.82) is 0 Å². The fourth-order valence-electron chi connectivity index (χ4n) is 3.48. The number of anilines is 1. The van der Waals surface area contributed by atoms with Gasteiger partial charge in [-0.25, -0.2) is 4.98 Å². The fourth-order valence-corrected chi connectivity index (χ4v) is 4.02. The molecule has 0 saturated carbocycles. The molecule has 1 fully saturated rings. The number of nitrogens with one attached hydrogen (secondary N) is 1. The number of rotatable bonds is 9. The average Bonchev–Trinajstić information content (AvgIpc) is 2.78. The molecule has 36 heavy (non-hydrogen) atoms. The predicted octanol–water partition coefficient (Wildman–Crippen LogP) is -0.190. The third-order valence-electron chi connectivity index (χ3n) is 4.85. The largest absolute Gasteiger partial charge is 0.463 e. The number of carbonyl (C=O) groups is 5. The van der Waals surface area contributed by atoms with Gasteiger partial charge in [-0.3, -0.25) is 33.3 Å². The van der Waals surface area contributed by atoms with E-state index < -0.39 is 66.7 Å². The minimum atomic E-state index is -1.44. The monoisotopic (exact) mass is 529 g/mol. The molecule has 1 saturated heterocycles. The van der Waals surface area contributed by atoms with Crippen molar-refractivity contribution < 1.29 is 47.7 Å². The number of hydrogen-bond acceptors (Lipinski definition) is 14. The molecule has 0 aromatic carbocycles. The molecular formula is C21H27N3O11S. The summed E-state index contributed by atoms with van der Waals surface area (Å²) in [6.45, 7) is 3.99. The van der Waals surface area contributed by atoms with Crippen LogP contribution in [0.5, 0.6) is 0 Å². The van der Waals surface area contributed by atoms with Crippen molar-refractivity contribution in [2.45, 2.75) is 63.5 Å². The van der Waals surface area contributed by atoms with E-state index >= 15 is 0 Å². The summed E-state index contributed by atoms with van der Waals surface area (Å²) in [7, 11) is 1.44. The summed E-state index contributed by atoms with van der Waals surface area (Å²) >= 11 is 1.13. The third kappa shape index (κ3) is 7.04. The number of thioether (sulfide) groups is 1. The Bertz CT molecular complexity index is 1090. The molecule has 15 heteroatoms. The Balaban J connectivity index is 2.62. The van der Waals surface area contributed by atoms with Crippen molar-refractivity contribution in [3.63, 3.8) is 0 Å². The van der Waals surface area contributed by atoms with E-state index in [4.69, 9.17) is 23.7 Å². The number of carbonyl (C=O) groups excluding carboxylic acids is 5. The second-order valence-corrected chi connectivity index (χ2v) is 8.38. The molecule has 2 rings (SSSR count). The van der Waals surface area contributed by atoms with E-state index in [1.807, 2.05) is 0 Å². The average molecular weight is 530 g/mol. The maximum absolute atomic E-state index is 12.7. The minimum absolute atomic E-state index is 0.196. The van der Waals surface area contributed by atoms with Crippen LogP contribution in [0, 0.1) is 0 Å². The molecule has 0 bridgehead atoms.